The summed E-state index contributed by atoms with van der Waals surface area (Å²) >= 11 is 0. The summed E-state index contributed by atoms with van der Waals surface area (Å²) in [5, 5.41) is 0. The summed E-state index contributed by atoms with van der Waals surface area (Å²) in [7, 11) is -4.57. The molecule has 6 nitrogen and oxygen atoms in total. The van der Waals surface area contributed by atoms with Crippen molar-refractivity contribution in [3.05, 3.63) is 0 Å². The van der Waals surface area contributed by atoms with E-state index >= 15 is 0 Å². The highest BCUT2D eigenvalue weighted by atomic mass is 31.2. The van der Waals surface area contributed by atoms with Crippen LogP contribution in [0.1, 0.15) is 110 Å². The van der Waals surface area contributed by atoms with Gasteiger partial charge >= 0.3 is 7.82 Å². The molecule has 0 spiro atoms. The molecular formula is C21H43O6P. The maximum atomic E-state index is 11.3. The Morgan fingerprint density at radius 2 is 1.07 bits per heavy atom. The van der Waals surface area contributed by atoms with Crippen molar-refractivity contribution in [3.63, 3.8) is 0 Å². The molecule has 2 N–H and O–H groups in total. The third-order valence-electron chi connectivity index (χ3n) is 4.80. The summed E-state index contributed by atoms with van der Waals surface area (Å²) < 4.78 is 19.8. The van der Waals surface area contributed by atoms with Crippen LogP contribution >= 0.6 is 7.82 Å². The van der Waals surface area contributed by atoms with E-state index < -0.39 is 20.2 Å². The molecule has 0 radical (unpaired) electrons. The zero-order valence-electron chi connectivity index (χ0n) is 17.9. The van der Waals surface area contributed by atoms with E-state index in [1.165, 1.54) is 89.9 Å². The predicted molar refractivity (Wildman–Crippen MR) is 113 cm³/mol. The van der Waals surface area contributed by atoms with Crippen LogP contribution in [0.5, 0.6) is 0 Å². The zero-order valence-corrected chi connectivity index (χ0v) is 18.8. The van der Waals surface area contributed by atoms with E-state index in [9.17, 15) is 9.36 Å². The van der Waals surface area contributed by atoms with Crippen molar-refractivity contribution in [2.24, 2.45) is 0 Å². The number of phosphoric ester groups is 1. The highest BCUT2D eigenvalue weighted by Crippen LogP contribution is 2.35. The molecule has 0 amide bonds. The summed E-state index contributed by atoms with van der Waals surface area (Å²) in [5.74, 6) is -0.459. The molecule has 0 saturated carbocycles. The van der Waals surface area contributed by atoms with Crippen LogP contribution in [0.15, 0.2) is 0 Å². The van der Waals surface area contributed by atoms with Crippen LogP contribution in [-0.4, -0.2) is 35.4 Å². The number of unbranched alkanes of at least 4 members (excludes halogenated alkanes) is 15. The molecule has 28 heavy (non-hydrogen) atoms. The monoisotopic (exact) mass is 422 g/mol. The van der Waals surface area contributed by atoms with Crippen LogP contribution in [0.2, 0.25) is 0 Å². The minimum atomic E-state index is -4.57. The molecule has 0 atom stereocenters. The topological polar surface area (TPSA) is 93.1 Å². The highest BCUT2D eigenvalue weighted by molar-refractivity contribution is 7.46. The largest absolute Gasteiger partial charge is 0.470 e. The van der Waals surface area contributed by atoms with Crippen molar-refractivity contribution in [2.75, 3.05) is 19.8 Å². The maximum absolute atomic E-state index is 11.3. The van der Waals surface area contributed by atoms with Gasteiger partial charge in [0.2, 0.25) is 0 Å². The normalized spacial score (nSPS) is 11.8. The highest BCUT2D eigenvalue weighted by Gasteiger charge is 2.16. The van der Waals surface area contributed by atoms with Crippen molar-refractivity contribution in [2.45, 2.75) is 110 Å². The average molecular weight is 423 g/mol. The summed E-state index contributed by atoms with van der Waals surface area (Å²) in [6.07, 6.45) is 21.0. The molecule has 0 fully saturated rings. The number of carbonyl (C=O) groups excluding carboxylic acids is 1. The minimum absolute atomic E-state index is 0.154. The number of ether oxygens (including phenoxy) is 1. The summed E-state index contributed by atoms with van der Waals surface area (Å²) in [5.41, 5.74) is 0. The van der Waals surface area contributed by atoms with Gasteiger partial charge in [0.05, 0.1) is 0 Å². The van der Waals surface area contributed by atoms with E-state index in [4.69, 9.17) is 14.5 Å². The van der Waals surface area contributed by atoms with Gasteiger partial charge in [0.15, 0.2) is 5.78 Å². The van der Waals surface area contributed by atoms with Crippen LogP contribution < -0.4 is 0 Å². The molecule has 7 heteroatoms. The Morgan fingerprint density at radius 3 is 1.46 bits per heavy atom. The second kappa shape index (κ2) is 20.0. The summed E-state index contributed by atoms with van der Waals surface area (Å²) in [4.78, 5) is 28.2. The fourth-order valence-electron chi connectivity index (χ4n) is 3.14. The maximum Gasteiger partial charge on any atom is 0.470 e. The molecule has 168 valence electrons. The van der Waals surface area contributed by atoms with Gasteiger partial charge in [-0.15, -0.1) is 0 Å². The van der Waals surface area contributed by atoms with Gasteiger partial charge in [-0.2, -0.15) is 0 Å². The van der Waals surface area contributed by atoms with Crippen molar-refractivity contribution < 1.29 is 28.4 Å². The van der Waals surface area contributed by atoms with E-state index in [1.807, 2.05) is 0 Å². The first kappa shape index (κ1) is 27.7. The average Bonchev–Trinajstić information content (AvgIpc) is 2.65. The Bertz CT molecular complexity index is 396. The van der Waals surface area contributed by atoms with Gasteiger partial charge in [0, 0.05) is 6.61 Å². The molecule has 0 aromatic heterocycles. The minimum Gasteiger partial charge on any atom is -0.374 e. The summed E-state index contributed by atoms with van der Waals surface area (Å²) in [6, 6.07) is 0. The first-order chi connectivity index (χ1) is 13.5. The van der Waals surface area contributed by atoms with Crippen molar-refractivity contribution in [1.82, 2.24) is 0 Å². The lowest BCUT2D eigenvalue weighted by Crippen LogP contribution is -2.15. The number of rotatable bonds is 22. The molecule has 0 bridgehead atoms. The molecule has 0 aromatic carbocycles. The van der Waals surface area contributed by atoms with Crippen molar-refractivity contribution in [1.29, 1.82) is 0 Å². The Labute approximate surface area is 172 Å². The van der Waals surface area contributed by atoms with E-state index in [2.05, 4.69) is 11.4 Å². The molecule has 0 aliphatic heterocycles. The number of hydrogen-bond acceptors (Lipinski definition) is 4. The van der Waals surface area contributed by atoms with Crippen molar-refractivity contribution >= 4 is 13.6 Å². The predicted octanol–water partition coefficient (Wildman–Crippen LogP) is 5.94. The fraction of sp³-hybridized carbons (Fsp3) is 0.952. The van der Waals surface area contributed by atoms with Gasteiger partial charge in [-0.25, -0.2) is 4.57 Å². The number of phosphoric acid groups is 1. The van der Waals surface area contributed by atoms with Gasteiger partial charge in [0.1, 0.15) is 13.2 Å². The molecular weight excluding hydrogens is 379 g/mol. The van der Waals surface area contributed by atoms with Crippen LogP contribution in [0.3, 0.4) is 0 Å². The standard InChI is InChI=1S/C21H43O6P/c1-2-3-4-5-6-7-8-9-10-11-12-13-14-15-16-17-18-26-19-21(22)20-27-28(23,24)25/h2-20H2,1H3,(H2,23,24,25). The van der Waals surface area contributed by atoms with Gasteiger partial charge in [0.25, 0.3) is 0 Å². The zero-order chi connectivity index (χ0) is 20.9. The van der Waals surface area contributed by atoms with E-state index in [0.29, 0.717) is 6.61 Å². The van der Waals surface area contributed by atoms with Gasteiger partial charge in [-0.05, 0) is 6.42 Å². The smallest absolute Gasteiger partial charge is 0.374 e. The van der Waals surface area contributed by atoms with Gasteiger partial charge < -0.3 is 14.5 Å². The lowest BCUT2D eigenvalue weighted by Gasteiger charge is -2.06. The summed E-state index contributed by atoms with van der Waals surface area (Å²) in [6.45, 7) is 2.00. The van der Waals surface area contributed by atoms with Gasteiger partial charge in [-0.1, -0.05) is 103 Å². The second-order valence-electron chi connectivity index (χ2n) is 7.66. The SMILES string of the molecule is CCCCCCCCCCCCCCCCCCOCC(=O)COP(=O)(O)O. The number of carbonyl (C=O) groups is 1. The number of ketones is 1. The first-order valence-electron chi connectivity index (χ1n) is 11.2. The quantitative estimate of drug-likeness (QED) is 0.166. The van der Waals surface area contributed by atoms with Crippen LogP contribution in [0.25, 0.3) is 0 Å². The molecule has 0 saturated heterocycles. The molecule has 0 aromatic rings. The van der Waals surface area contributed by atoms with Crippen LogP contribution in [0.4, 0.5) is 0 Å². The molecule has 0 aliphatic rings. The third-order valence-corrected chi connectivity index (χ3v) is 5.26. The lowest BCUT2D eigenvalue weighted by atomic mass is 10.0. The van der Waals surface area contributed by atoms with Gasteiger partial charge in [-0.3, -0.25) is 9.32 Å². The molecule has 0 aliphatic carbocycles. The number of Topliss-reactive ketones (excluding diaryl/α,β-unsaturated/α-hetero) is 1. The Kier molecular flexibility index (Phi) is 19.8. The molecule has 0 heterocycles. The third kappa shape index (κ3) is 23.8. The van der Waals surface area contributed by atoms with Crippen LogP contribution in [0, 0.1) is 0 Å². The molecule has 0 unspecified atom stereocenters. The fourth-order valence-corrected chi connectivity index (χ4v) is 3.45. The lowest BCUT2D eigenvalue weighted by molar-refractivity contribution is -0.126. The van der Waals surface area contributed by atoms with E-state index in [-0.39, 0.29) is 6.61 Å². The van der Waals surface area contributed by atoms with Crippen molar-refractivity contribution in [3.8, 4) is 0 Å². The number of hydrogen-bond donors (Lipinski definition) is 2. The van der Waals surface area contributed by atoms with Crippen LogP contribution in [-0.2, 0) is 18.6 Å². The van der Waals surface area contributed by atoms with E-state index in [1.54, 1.807) is 0 Å². The second-order valence-corrected chi connectivity index (χ2v) is 8.90. The Morgan fingerprint density at radius 1 is 0.679 bits per heavy atom. The first-order valence-corrected chi connectivity index (χ1v) is 12.8. The Balaban J connectivity index is 3.14. The Hall–Kier alpha value is -0.260. The van der Waals surface area contributed by atoms with E-state index in [0.717, 1.165) is 12.8 Å². The molecule has 0 rings (SSSR count).